The van der Waals surface area contributed by atoms with Crippen LogP contribution in [0.3, 0.4) is 0 Å². The average molecular weight is 478 g/mol. The molecule has 3 aromatic rings. The third-order valence-electron chi connectivity index (χ3n) is 5.27. The first-order valence-corrected chi connectivity index (χ1v) is 10.5. The third kappa shape index (κ3) is 3.86. The molecule has 0 bridgehead atoms. The van der Waals surface area contributed by atoms with E-state index in [-0.39, 0.29) is 11.3 Å². The summed E-state index contributed by atoms with van der Waals surface area (Å²) in [5.74, 6) is -0.964. The van der Waals surface area contributed by atoms with Crippen LogP contribution in [0.4, 0.5) is 5.69 Å². The number of benzene rings is 3. The Bertz CT molecular complexity index is 1180. The Balaban J connectivity index is 1.92. The largest absolute Gasteiger partial charge is 0.507 e. The number of amides is 1. The number of hydrogen-bond donors (Lipinski definition) is 1. The lowest BCUT2D eigenvalue weighted by Crippen LogP contribution is -2.29. The van der Waals surface area contributed by atoms with E-state index in [9.17, 15) is 14.7 Å². The van der Waals surface area contributed by atoms with Gasteiger partial charge >= 0.3 is 0 Å². The fourth-order valence-corrected chi connectivity index (χ4v) is 4.02. The summed E-state index contributed by atoms with van der Waals surface area (Å²) in [6, 6.07) is 20.7. The molecule has 1 N–H and O–H groups in total. The van der Waals surface area contributed by atoms with Crippen molar-refractivity contribution < 1.29 is 19.4 Å². The first kappa shape index (κ1) is 20.9. The molecule has 5 nitrogen and oxygen atoms in total. The van der Waals surface area contributed by atoms with Crippen LogP contribution in [0.1, 0.15) is 22.7 Å². The number of ether oxygens (including phenoxy) is 1. The molecule has 1 aliphatic rings. The molecule has 0 spiro atoms. The predicted molar refractivity (Wildman–Crippen MR) is 123 cm³/mol. The van der Waals surface area contributed by atoms with Crippen LogP contribution >= 0.6 is 15.9 Å². The lowest BCUT2D eigenvalue weighted by Gasteiger charge is -2.26. The number of ketones is 1. The molecule has 31 heavy (non-hydrogen) atoms. The van der Waals surface area contributed by atoms with Crippen LogP contribution in [0.25, 0.3) is 5.76 Å². The van der Waals surface area contributed by atoms with Crippen molar-refractivity contribution in [2.24, 2.45) is 0 Å². The molecule has 1 heterocycles. The van der Waals surface area contributed by atoms with Crippen LogP contribution in [0.5, 0.6) is 5.75 Å². The van der Waals surface area contributed by atoms with E-state index in [0.29, 0.717) is 17.0 Å². The number of aryl methyl sites for hydroxylation is 1. The summed E-state index contributed by atoms with van der Waals surface area (Å²) in [5, 5.41) is 11.1. The molecule has 1 fully saturated rings. The highest BCUT2D eigenvalue weighted by atomic mass is 79.9. The molecule has 4 rings (SSSR count). The molecule has 156 valence electrons. The van der Waals surface area contributed by atoms with Crippen molar-refractivity contribution in [1.82, 2.24) is 0 Å². The van der Waals surface area contributed by atoms with Crippen molar-refractivity contribution >= 4 is 39.1 Å². The van der Waals surface area contributed by atoms with Gasteiger partial charge in [-0.2, -0.15) is 0 Å². The molecular formula is C25H20BrNO4. The summed E-state index contributed by atoms with van der Waals surface area (Å²) in [4.78, 5) is 27.7. The summed E-state index contributed by atoms with van der Waals surface area (Å²) >= 11 is 3.37. The van der Waals surface area contributed by atoms with E-state index in [1.54, 1.807) is 55.6 Å². The first-order valence-electron chi connectivity index (χ1n) is 9.68. The minimum atomic E-state index is -0.753. The summed E-state index contributed by atoms with van der Waals surface area (Å²) < 4.78 is 6.06. The number of anilines is 1. The van der Waals surface area contributed by atoms with Crippen LogP contribution in [0.15, 0.2) is 82.8 Å². The summed E-state index contributed by atoms with van der Waals surface area (Å²) in [6.07, 6.45) is 0. The number of methoxy groups -OCH3 is 1. The van der Waals surface area contributed by atoms with Gasteiger partial charge in [0.25, 0.3) is 11.7 Å². The van der Waals surface area contributed by atoms with Crippen LogP contribution in [-0.2, 0) is 9.59 Å². The van der Waals surface area contributed by atoms with Gasteiger partial charge in [-0.15, -0.1) is 0 Å². The van der Waals surface area contributed by atoms with Crippen molar-refractivity contribution in [3.05, 3.63) is 99.5 Å². The van der Waals surface area contributed by atoms with Gasteiger partial charge in [0.05, 0.1) is 18.7 Å². The zero-order valence-electron chi connectivity index (χ0n) is 17.0. The van der Waals surface area contributed by atoms with E-state index in [1.807, 2.05) is 31.2 Å². The van der Waals surface area contributed by atoms with Gasteiger partial charge in [-0.05, 0) is 48.9 Å². The predicted octanol–water partition coefficient (Wildman–Crippen LogP) is 5.39. The number of nitrogens with zero attached hydrogens (tertiary/aromatic N) is 1. The topological polar surface area (TPSA) is 66.8 Å². The molecular weight excluding hydrogens is 458 g/mol. The Hall–Kier alpha value is -3.38. The SMILES string of the molecule is COc1ccc(N2C(=O)C(=O)/C(=C(\O)c3ccc(Br)cc3)C2c2cccc(C)c2)cc1. The maximum atomic E-state index is 13.1. The second-order valence-corrected chi connectivity index (χ2v) is 8.20. The summed E-state index contributed by atoms with van der Waals surface area (Å²) in [7, 11) is 1.56. The van der Waals surface area contributed by atoms with E-state index in [0.717, 1.165) is 15.6 Å². The second-order valence-electron chi connectivity index (χ2n) is 7.29. The number of aliphatic hydroxyl groups excluding tert-OH is 1. The fraction of sp³-hybridized carbons (Fsp3) is 0.120. The van der Waals surface area contributed by atoms with Crippen LogP contribution < -0.4 is 9.64 Å². The van der Waals surface area contributed by atoms with Gasteiger partial charge in [-0.1, -0.05) is 57.9 Å². The molecule has 3 aromatic carbocycles. The maximum Gasteiger partial charge on any atom is 0.300 e. The zero-order chi connectivity index (χ0) is 22.1. The molecule has 0 saturated carbocycles. The van der Waals surface area contributed by atoms with E-state index in [4.69, 9.17) is 4.74 Å². The Morgan fingerprint density at radius 2 is 1.68 bits per heavy atom. The normalized spacial score (nSPS) is 17.8. The van der Waals surface area contributed by atoms with Crippen LogP contribution in [-0.4, -0.2) is 23.9 Å². The van der Waals surface area contributed by atoms with Crippen LogP contribution in [0.2, 0.25) is 0 Å². The molecule has 0 aliphatic carbocycles. The van der Waals surface area contributed by atoms with Gasteiger partial charge in [-0.3, -0.25) is 14.5 Å². The van der Waals surface area contributed by atoms with Gasteiger partial charge in [0.2, 0.25) is 0 Å². The van der Waals surface area contributed by atoms with Crippen molar-refractivity contribution in [2.45, 2.75) is 13.0 Å². The Morgan fingerprint density at radius 1 is 1.00 bits per heavy atom. The van der Waals surface area contributed by atoms with Gasteiger partial charge in [0.15, 0.2) is 0 Å². The second kappa shape index (κ2) is 8.40. The number of rotatable bonds is 4. The zero-order valence-corrected chi connectivity index (χ0v) is 18.6. The average Bonchev–Trinajstić information content (AvgIpc) is 3.04. The van der Waals surface area contributed by atoms with E-state index in [1.165, 1.54) is 4.90 Å². The van der Waals surface area contributed by atoms with Crippen LogP contribution in [0, 0.1) is 6.92 Å². The maximum absolute atomic E-state index is 13.1. The fourth-order valence-electron chi connectivity index (χ4n) is 3.76. The lowest BCUT2D eigenvalue weighted by atomic mass is 9.94. The molecule has 6 heteroatoms. The highest BCUT2D eigenvalue weighted by molar-refractivity contribution is 9.10. The molecule has 1 aliphatic heterocycles. The number of halogens is 1. The highest BCUT2D eigenvalue weighted by Crippen LogP contribution is 2.42. The van der Waals surface area contributed by atoms with Gasteiger partial charge in [0, 0.05) is 15.7 Å². The molecule has 0 aromatic heterocycles. The van der Waals surface area contributed by atoms with Gasteiger partial charge in [0.1, 0.15) is 11.5 Å². The molecule has 1 atom stereocenters. The Labute approximate surface area is 188 Å². The Morgan fingerprint density at radius 3 is 2.29 bits per heavy atom. The van der Waals surface area contributed by atoms with Crippen molar-refractivity contribution in [1.29, 1.82) is 0 Å². The lowest BCUT2D eigenvalue weighted by molar-refractivity contribution is -0.132. The molecule has 1 unspecified atom stereocenters. The van der Waals surface area contributed by atoms with Gasteiger partial charge in [-0.25, -0.2) is 0 Å². The first-order chi connectivity index (χ1) is 14.9. The minimum absolute atomic E-state index is 0.0636. The molecule has 0 radical (unpaired) electrons. The third-order valence-corrected chi connectivity index (χ3v) is 5.80. The number of aliphatic hydroxyl groups is 1. The quantitative estimate of drug-likeness (QED) is 0.310. The monoisotopic (exact) mass is 477 g/mol. The van der Waals surface area contributed by atoms with Crippen molar-refractivity contribution in [2.75, 3.05) is 12.0 Å². The number of Topliss-reactive ketones (excluding diaryl/α,β-unsaturated/α-hetero) is 1. The minimum Gasteiger partial charge on any atom is -0.507 e. The van der Waals surface area contributed by atoms with Crippen molar-refractivity contribution in [3.8, 4) is 5.75 Å². The highest BCUT2D eigenvalue weighted by Gasteiger charge is 2.46. The summed E-state index contributed by atoms with van der Waals surface area (Å²) in [6.45, 7) is 1.94. The number of hydrogen-bond acceptors (Lipinski definition) is 4. The Kier molecular flexibility index (Phi) is 5.65. The number of carbonyl (C=O) groups is 2. The molecule has 1 amide bonds. The number of carbonyl (C=O) groups excluding carboxylic acids is 2. The van der Waals surface area contributed by atoms with Gasteiger partial charge < -0.3 is 9.84 Å². The van der Waals surface area contributed by atoms with E-state index >= 15 is 0 Å². The van der Waals surface area contributed by atoms with Crippen molar-refractivity contribution in [3.63, 3.8) is 0 Å². The summed E-state index contributed by atoms with van der Waals surface area (Å²) in [5.41, 5.74) is 2.81. The van der Waals surface area contributed by atoms with E-state index < -0.39 is 17.7 Å². The molecule has 1 saturated heterocycles. The standard InChI is InChI=1S/C25H20BrNO4/c1-15-4-3-5-17(14-15)22-21(23(28)16-6-8-18(26)9-7-16)24(29)25(30)27(22)19-10-12-20(31-2)13-11-19/h3-14,22,28H,1-2H3/b23-21-. The smallest absolute Gasteiger partial charge is 0.300 e. The van der Waals surface area contributed by atoms with E-state index in [2.05, 4.69) is 15.9 Å².